The van der Waals surface area contributed by atoms with Crippen molar-refractivity contribution in [3.05, 3.63) is 72.3 Å². The summed E-state index contributed by atoms with van der Waals surface area (Å²) in [5, 5.41) is 19.9. The number of aromatic nitrogens is 2. The minimum atomic E-state index is -1.31. The molecule has 2 heterocycles. The Morgan fingerprint density at radius 2 is 1.08 bits per heavy atom. The number of carboxylic acids is 2. The van der Waals surface area contributed by atoms with Crippen molar-refractivity contribution in [3.63, 3.8) is 0 Å². The lowest BCUT2D eigenvalue weighted by Gasteiger charge is -2.48. The number of hydrogen-bond acceptors (Lipinski definition) is 8. The minimum absolute atomic E-state index is 0.0312. The highest BCUT2D eigenvalue weighted by Crippen LogP contribution is 2.52. The van der Waals surface area contributed by atoms with E-state index in [1.807, 2.05) is 0 Å². The Morgan fingerprint density at radius 1 is 0.667 bits per heavy atom. The van der Waals surface area contributed by atoms with Crippen LogP contribution in [0.1, 0.15) is 11.4 Å². The molecule has 0 aromatic carbocycles. The third kappa shape index (κ3) is 5.27. The van der Waals surface area contributed by atoms with Gasteiger partial charge in [0.15, 0.2) is 0 Å². The highest BCUT2D eigenvalue weighted by atomic mass is 16.5. The average Bonchev–Trinajstić information content (AvgIpc) is 2.88. The number of carbonyl (C=O) groups excluding carboxylic acids is 2. The number of carbonyl (C=O) groups is 4. The first-order valence-electron chi connectivity index (χ1n) is 11.7. The molecule has 0 saturated heterocycles. The quantitative estimate of drug-likeness (QED) is 0.369. The summed E-state index contributed by atoms with van der Waals surface area (Å²) in [4.78, 5) is 58.8. The fraction of sp³-hybridized carbons (Fsp3) is 0.385. The van der Waals surface area contributed by atoms with Gasteiger partial charge < -0.3 is 19.7 Å². The van der Waals surface area contributed by atoms with Crippen LogP contribution >= 0.6 is 0 Å². The molecule has 1 saturated carbocycles. The van der Waals surface area contributed by atoms with E-state index in [0.29, 0.717) is 24.2 Å². The van der Waals surface area contributed by atoms with E-state index in [0.717, 1.165) is 0 Å². The second-order valence-corrected chi connectivity index (χ2v) is 8.80. The Kier molecular flexibility index (Phi) is 7.72. The van der Waals surface area contributed by atoms with Crippen LogP contribution < -0.4 is 0 Å². The standard InChI is InChI=1S/C26H26N2O8/c29-23(30)19-18-8-7-17(21(19)25(33)35-13-9-15-5-1-3-11-27-15)20(24(31)32)22(18)26(34)36-14-10-16-6-2-4-12-28-16/h1-8,11-12,17-22H,9-10,13-14H2,(H,29,30)(H,31,32)/t17-,18-,19-,20+,21+,22-/m0/s1. The molecule has 2 bridgehead atoms. The zero-order valence-electron chi connectivity index (χ0n) is 19.3. The molecule has 10 nitrogen and oxygen atoms in total. The lowest BCUT2D eigenvalue weighted by atomic mass is 9.53. The molecule has 0 spiro atoms. The first-order valence-corrected chi connectivity index (χ1v) is 11.7. The predicted molar refractivity (Wildman–Crippen MR) is 123 cm³/mol. The zero-order chi connectivity index (χ0) is 25.7. The Balaban J connectivity index is 1.48. The molecule has 0 amide bonds. The summed E-state index contributed by atoms with van der Waals surface area (Å²) in [6, 6.07) is 10.6. The molecule has 2 aromatic heterocycles. The molecule has 188 valence electrons. The van der Waals surface area contributed by atoms with Gasteiger partial charge in [-0.2, -0.15) is 0 Å². The van der Waals surface area contributed by atoms with E-state index < -0.39 is 59.4 Å². The number of aliphatic carboxylic acids is 2. The molecular formula is C26H26N2O8. The van der Waals surface area contributed by atoms with Gasteiger partial charge in [-0.3, -0.25) is 29.1 Å². The van der Waals surface area contributed by atoms with Crippen molar-refractivity contribution < 1.29 is 38.9 Å². The van der Waals surface area contributed by atoms with Gasteiger partial charge in [0.2, 0.25) is 0 Å². The highest BCUT2D eigenvalue weighted by Gasteiger charge is 2.61. The molecule has 0 aliphatic heterocycles. The summed E-state index contributed by atoms with van der Waals surface area (Å²) in [6.45, 7) is -0.0625. The smallest absolute Gasteiger partial charge is 0.310 e. The van der Waals surface area contributed by atoms with Crippen molar-refractivity contribution in [2.45, 2.75) is 12.8 Å². The lowest BCUT2D eigenvalue weighted by Crippen LogP contribution is -2.58. The molecule has 2 N–H and O–H groups in total. The van der Waals surface area contributed by atoms with Crippen molar-refractivity contribution in [3.8, 4) is 0 Å². The summed E-state index contributed by atoms with van der Waals surface area (Å²) in [7, 11) is 0. The number of esters is 2. The third-order valence-electron chi connectivity index (χ3n) is 6.76. The molecule has 2 aromatic rings. The zero-order valence-corrected chi connectivity index (χ0v) is 19.3. The number of rotatable bonds is 10. The van der Waals surface area contributed by atoms with E-state index in [4.69, 9.17) is 9.47 Å². The number of allylic oxidation sites excluding steroid dienone is 2. The summed E-state index contributed by atoms with van der Waals surface area (Å²) >= 11 is 0. The van der Waals surface area contributed by atoms with Gasteiger partial charge in [-0.15, -0.1) is 0 Å². The number of nitrogens with zero attached hydrogens (tertiary/aromatic N) is 2. The topological polar surface area (TPSA) is 153 Å². The van der Waals surface area contributed by atoms with Gasteiger partial charge in [0.1, 0.15) is 0 Å². The summed E-state index contributed by atoms with van der Waals surface area (Å²) in [5.74, 6) is -11.3. The minimum Gasteiger partial charge on any atom is -0.481 e. The van der Waals surface area contributed by atoms with Crippen molar-refractivity contribution >= 4 is 23.9 Å². The molecule has 1 fully saturated rings. The monoisotopic (exact) mass is 494 g/mol. The number of fused-ring (bicyclic) bond motifs is 2. The maximum Gasteiger partial charge on any atom is 0.310 e. The van der Waals surface area contributed by atoms with E-state index in [9.17, 15) is 29.4 Å². The number of pyridine rings is 2. The van der Waals surface area contributed by atoms with Gasteiger partial charge in [0, 0.05) is 48.5 Å². The Bertz CT molecular complexity index is 1050. The molecule has 10 heteroatoms. The van der Waals surface area contributed by atoms with Crippen LogP contribution in [0.3, 0.4) is 0 Å². The van der Waals surface area contributed by atoms with E-state index in [-0.39, 0.29) is 13.2 Å². The third-order valence-corrected chi connectivity index (χ3v) is 6.76. The van der Waals surface area contributed by atoms with Gasteiger partial charge in [-0.25, -0.2) is 0 Å². The van der Waals surface area contributed by atoms with E-state index >= 15 is 0 Å². The molecule has 3 aliphatic carbocycles. The van der Waals surface area contributed by atoms with Crippen molar-refractivity contribution in [2.75, 3.05) is 13.2 Å². The maximum absolute atomic E-state index is 13.0. The molecular weight excluding hydrogens is 468 g/mol. The van der Waals surface area contributed by atoms with Crippen LogP contribution in [0.25, 0.3) is 0 Å². The highest BCUT2D eigenvalue weighted by molar-refractivity contribution is 5.89. The summed E-state index contributed by atoms with van der Waals surface area (Å²) in [5.41, 5.74) is 1.39. The number of hydrogen-bond donors (Lipinski definition) is 2. The van der Waals surface area contributed by atoms with Crippen LogP contribution in [0, 0.1) is 35.5 Å². The van der Waals surface area contributed by atoms with E-state index in [1.54, 1.807) is 48.8 Å². The van der Waals surface area contributed by atoms with Crippen LogP contribution in [0.2, 0.25) is 0 Å². The van der Waals surface area contributed by atoms with Gasteiger partial charge in [0.05, 0.1) is 36.9 Å². The normalized spacial score (nSPS) is 26.2. The summed E-state index contributed by atoms with van der Waals surface area (Å²) < 4.78 is 10.7. The Labute approximate surface area is 207 Å². The molecule has 0 unspecified atom stereocenters. The molecule has 5 rings (SSSR count). The largest absolute Gasteiger partial charge is 0.481 e. The van der Waals surface area contributed by atoms with Crippen LogP contribution in [-0.2, 0) is 41.5 Å². The lowest BCUT2D eigenvalue weighted by molar-refractivity contribution is -0.182. The van der Waals surface area contributed by atoms with Gasteiger partial charge in [-0.1, -0.05) is 24.3 Å². The fourth-order valence-electron chi connectivity index (χ4n) is 5.18. The molecule has 6 atom stereocenters. The van der Waals surface area contributed by atoms with Crippen molar-refractivity contribution in [2.24, 2.45) is 35.5 Å². The van der Waals surface area contributed by atoms with Crippen LogP contribution in [0.4, 0.5) is 0 Å². The predicted octanol–water partition coefficient (Wildman–Crippen LogP) is 1.80. The van der Waals surface area contributed by atoms with Gasteiger partial charge in [-0.05, 0) is 24.3 Å². The van der Waals surface area contributed by atoms with Crippen LogP contribution in [-0.4, -0.2) is 57.3 Å². The maximum atomic E-state index is 13.0. The first kappa shape index (κ1) is 25.0. The second kappa shape index (κ2) is 11.1. The van der Waals surface area contributed by atoms with E-state index in [2.05, 4.69) is 9.97 Å². The SMILES string of the molecule is O=C(O)[C@@H]1[C@@H]2C=C[C@@H]([C@H](C(=O)O)[C@@H]2C(=O)OCCc2ccccn2)[C@@H]1C(=O)OCCc1ccccn1. The number of carboxylic acid groups (broad SMARTS) is 2. The average molecular weight is 495 g/mol. The Hall–Kier alpha value is -4.08. The van der Waals surface area contributed by atoms with Gasteiger partial charge in [0.25, 0.3) is 0 Å². The molecule has 3 aliphatic rings. The molecule has 36 heavy (non-hydrogen) atoms. The van der Waals surface area contributed by atoms with Crippen molar-refractivity contribution in [1.82, 2.24) is 9.97 Å². The number of ether oxygens (including phenoxy) is 2. The van der Waals surface area contributed by atoms with Crippen LogP contribution in [0.15, 0.2) is 60.9 Å². The Morgan fingerprint density at radius 3 is 1.42 bits per heavy atom. The van der Waals surface area contributed by atoms with Crippen LogP contribution in [0.5, 0.6) is 0 Å². The summed E-state index contributed by atoms with van der Waals surface area (Å²) in [6.07, 6.45) is 6.91. The van der Waals surface area contributed by atoms with Crippen molar-refractivity contribution in [1.29, 1.82) is 0 Å². The fourth-order valence-corrected chi connectivity index (χ4v) is 5.18. The second-order valence-electron chi connectivity index (χ2n) is 8.80. The van der Waals surface area contributed by atoms with E-state index in [1.165, 1.54) is 12.2 Å². The first-order chi connectivity index (χ1) is 17.4. The molecule has 0 radical (unpaired) electrons. The van der Waals surface area contributed by atoms with Gasteiger partial charge >= 0.3 is 23.9 Å².